The molecule has 0 aliphatic heterocycles. The fourth-order valence-corrected chi connectivity index (χ4v) is 5.37. The number of unbranched alkanes of at least 4 members (excludes halogenated alkanes) is 2. The van der Waals surface area contributed by atoms with Crippen LogP contribution in [0.25, 0.3) is 0 Å². The van der Waals surface area contributed by atoms with Crippen LogP contribution in [0.15, 0.2) is 30.3 Å². The highest BCUT2D eigenvalue weighted by Gasteiger charge is 2.24. The number of carboxylic acids is 1. The first-order valence-electron chi connectivity index (χ1n) is 15.5. The van der Waals surface area contributed by atoms with Gasteiger partial charge in [0.2, 0.25) is 0 Å². The standard InChI is InChI=1S/C33H49FN2O6/c1-3-18-40-20-22-42-23-21-41-19-17-36(31(25-33(37)38)27-13-15-32(39-2)29(34)24-27)16-8-4-5-10-28-14-12-26-9-6-7-11-30(26)35-28/h12-15,24,31H,3-11,16-23,25H2,1-2H3,(H,37,38)/t31-/m0/s1. The molecular formula is C33H49FN2O6. The van der Waals surface area contributed by atoms with Crippen LogP contribution in [0.3, 0.4) is 0 Å². The van der Waals surface area contributed by atoms with E-state index >= 15 is 0 Å². The molecule has 0 unspecified atom stereocenters. The van der Waals surface area contributed by atoms with E-state index in [0.717, 1.165) is 57.2 Å². The van der Waals surface area contributed by atoms with Crippen molar-refractivity contribution in [2.45, 2.75) is 77.2 Å². The van der Waals surface area contributed by atoms with Crippen molar-refractivity contribution in [1.29, 1.82) is 0 Å². The van der Waals surface area contributed by atoms with Gasteiger partial charge >= 0.3 is 5.97 Å². The predicted molar refractivity (Wildman–Crippen MR) is 161 cm³/mol. The maximum absolute atomic E-state index is 14.6. The van der Waals surface area contributed by atoms with Crippen LogP contribution < -0.4 is 4.74 Å². The summed E-state index contributed by atoms with van der Waals surface area (Å²) < 4.78 is 36.5. The molecule has 0 spiro atoms. The first-order chi connectivity index (χ1) is 20.5. The summed E-state index contributed by atoms with van der Waals surface area (Å²) in [6.45, 7) is 6.43. The number of pyridine rings is 1. The van der Waals surface area contributed by atoms with Crippen LogP contribution in [-0.4, -0.2) is 80.8 Å². The second kappa shape index (κ2) is 19.6. The molecule has 1 aromatic carbocycles. The molecular weight excluding hydrogens is 539 g/mol. The zero-order valence-electron chi connectivity index (χ0n) is 25.5. The number of aryl methyl sites for hydroxylation is 3. The number of aromatic nitrogens is 1. The van der Waals surface area contributed by atoms with Gasteiger partial charge < -0.3 is 24.1 Å². The van der Waals surface area contributed by atoms with Gasteiger partial charge in [-0.25, -0.2) is 4.39 Å². The number of nitrogens with zero attached hydrogens (tertiary/aromatic N) is 2. The Kier molecular flexibility index (Phi) is 15.8. The van der Waals surface area contributed by atoms with Crippen LogP contribution >= 0.6 is 0 Å². The maximum atomic E-state index is 14.6. The van der Waals surface area contributed by atoms with Gasteiger partial charge in [-0.05, 0) is 87.2 Å². The lowest BCUT2D eigenvalue weighted by Gasteiger charge is -2.31. The molecule has 1 aliphatic rings. The van der Waals surface area contributed by atoms with E-state index in [0.29, 0.717) is 51.7 Å². The van der Waals surface area contributed by atoms with Gasteiger partial charge in [0.05, 0.1) is 46.6 Å². The third kappa shape index (κ3) is 12.0. The van der Waals surface area contributed by atoms with Crippen molar-refractivity contribution in [2.24, 2.45) is 0 Å². The molecule has 8 nitrogen and oxygen atoms in total. The van der Waals surface area contributed by atoms with Crippen molar-refractivity contribution in [3.63, 3.8) is 0 Å². The number of rotatable bonds is 22. The highest BCUT2D eigenvalue weighted by Crippen LogP contribution is 2.29. The number of hydrogen-bond donors (Lipinski definition) is 1. The largest absolute Gasteiger partial charge is 0.494 e. The van der Waals surface area contributed by atoms with E-state index in [1.807, 2.05) is 0 Å². The molecule has 0 amide bonds. The Hall–Kier alpha value is -2.59. The Balaban J connectivity index is 1.54. The zero-order chi connectivity index (χ0) is 30.0. The molecule has 234 valence electrons. The summed E-state index contributed by atoms with van der Waals surface area (Å²) in [6.07, 6.45) is 9.36. The van der Waals surface area contributed by atoms with Gasteiger partial charge in [-0.3, -0.25) is 14.7 Å². The van der Waals surface area contributed by atoms with Crippen LogP contribution in [-0.2, 0) is 38.3 Å². The molecule has 1 N–H and O–H groups in total. The smallest absolute Gasteiger partial charge is 0.305 e. The average Bonchev–Trinajstić information content (AvgIpc) is 2.99. The molecule has 0 radical (unpaired) electrons. The number of carbonyl (C=O) groups is 1. The van der Waals surface area contributed by atoms with E-state index in [-0.39, 0.29) is 12.2 Å². The molecule has 0 fully saturated rings. The van der Waals surface area contributed by atoms with Crippen molar-refractivity contribution in [3.8, 4) is 5.75 Å². The summed E-state index contributed by atoms with van der Waals surface area (Å²) in [6, 6.07) is 8.61. The molecule has 1 heterocycles. The summed E-state index contributed by atoms with van der Waals surface area (Å²) >= 11 is 0. The third-order valence-corrected chi connectivity index (χ3v) is 7.60. The lowest BCUT2D eigenvalue weighted by atomic mass is 9.95. The molecule has 1 atom stereocenters. The van der Waals surface area contributed by atoms with Crippen molar-refractivity contribution in [1.82, 2.24) is 9.88 Å². The summed E-state index contributed by atoms with van der Waals surface area (Å²) in [5, 5.41) is 9.72. The van der Waals surface area contributed by atoms with Crippen molar-refractivity contribution >= 4 is 5.97 Å². The maximum Gasteiger partial charge on any atom is 0.305 e. The normalized spacial score (nSPS) is 13.7. The molecule has 1 aliphatic carbocycles. The summed E-state index contributed by atoms with van der Waals surface area (Å²) in [5.74, 6) is -1.29. The molecule has 9 heteroatoms. The average molecular weight is 589 g/mol. The van der Waals surface area contributed by atoms with Crippen molar-refractivity contribution in [3.05, 3.63) is 58.7 Å². The number of fused-ring (bicyclic) bond motifs is 1. The van der Waals surface area contributed by atoms with Gasteiger partial charge in [-0.2, -0.15) is 0 Å². The lowest BCUT2D eigenvalue weighted by molar-refractivity contribution is -0.138. The predicted octanol–water partition coefficient (Wildman–Crippen LogP) is 5.80. The van der Waals surface area contributed by atoms with Crippen LogP contribution in [0.4, 0.5) is 4.39 Å². The van der Waals surface area contributed by atoms with Crippen LogP contribution in [0, 0.1) is 5.82 Å². The molecule has 42 heavy (non-hydrogen) atoms. The first-order valence-corrected chi connectivity index (χ1v) is 15.5. The van der Waals surface area contributed by atoms with Crippen LogP contribution in [0.2, 0.25) is 0 Å². The summed E-state index contributed by atoms with van der Waals surface area (Å²) in [5.41, 5.74) is 4.43. The Morgan fingerprint density at radius 2 is 1.69 bits per heavy atom. The molecule has 0 saturated heterocycles. The topological polar surface area (TPSA) is 90.4 Å². The van der Waals surface area contributed by atoms with E-state index < -0.39 is 17.8 Å². The minimum absolute atomic E-state index is 0.133. The SMILES string of the molecule is CCCOCCOCCOCCN(CCCCCc1ccc2c(n1)CCCC2)[C@@H](CC(=O)O)c1ccc(OC)c(F)c1. The number of aliphatic carboxylic acids is 1. The summed E-state index contributed by atoms with van der Waals surface area (Å²) in [4.78, 5) is 18.9. The van der Waals surface area contributed by atoms with Gasteiger partial charge in [0.25, 0.3) is 0 Å². The lowest BCUT2D eigenvalue weighted by Crippen LogP contribution is -2.34. The third-order valence-electron chi connectivity index (χ3n) is 7.60. The Morgan fingerprint density at radius 1 is 0.952 bits per heavy atom. The second-order valence-corrected chi connectivity index (χ2v) is 10.8. The van der Waals surface area contributed by atoms with E-state index in [1.54, 1.807) is 12.1 Å². The van der Waals surface area contributed by atoms with E-state index in [9.17, 15) is 14.3 Å². The fourth-order valence-electron chi connectivity index (χ4n) is 5.37. The number of halogens is 1. The highest BCUT2D eigenvalue weighted by atomic mass is 19.1. The Bertz CT molecular complexity index is 1070. The van der Waals surface area contributed by atoms with Gasteiger partial charge in [-0.1, -0.05) is 25.5 Å². The quantitative estimate of drug-likeness (QED) is 0.173. The van der Waals surface area contributed by atoms with E-state index in [2.05, 4.69) is 24.0 Å². The highest BCUT2D eigenvalue weighted by molar-refractivity contribution is 5.68. The van der Waals surface area contributed by atoms with E-state index in [1.165, 1.54) is 37.3 Å². The van der Waals surface area contributed by atoms with Crippen LogP contribution in [0.1, 0.15) is 80.4 Å². The zero-order valence-corrected chi connectivity index (χ0v) is 25.5. The first kappa shape index (κ1) is 33.9. The number of hydrogen-bond acceptors (Lipinski definition) is 7. The minimum atomic E-state index is -0.931. The molecule has 0 bridgehead atoms. The molecule has 2 aromatic rings. The minimum Gasteiger partial charge on any atom is -0.494 e. The van der Waals surface area contributed by atoms with E-state index in [4.69, 9.17) is 23.9 Å². The van der Waals surface area contributed by atoms with Gasteiger partial charge in [0.15, 0.2) is 11.6 Å². The number of benzene rings is 1. The molecule has 0 saturated carbocycles. The molecule has 3 rings (SSSR count). The number of methoxy groups -OCH3 is 1. The molecule has 1 aromatic heterocycles. The second-order valence-electron chi connectivity index (χ2n) is 10.8. The van der Waals surface area contributed by atoms with Gasteiger partial charge in [-0.15, -0.1) is 0 Å². The monoisotopic (exact) mass is 588 g/mol. The number of carboxylic acid groups (broad SMARTS) is 1. The Labute approximate surface area is 250 Å². The summed E-state index contributed by atoms with van der Waals surface area (Å²) in [7, 11) is 1.41. The van der Waals surface area contributed by atoms with Crippen LogP contribution in [0.5, 0.6) is 5.75 Å². The Morgan fingerprint density at radius 3 is 2.40 bits per heavy atom. The van der Waals surface area contributed by atoms with Gasteiger partial charge in [0, 0.05) is 30.6 Å². The fraction of sp³-hybridized carbons (Fsp3) is 0.636. The van der Waals surface area contributed by atoms with Crippen molar-refractivity contribution < 1.29 is 33.2 Å². The number of ether oxygens (including phenoxy) is 4. The van der Waals surface area contributed by atoms with Gasteiger partial charge in [0.1, 0.15) is 0 Å². The van der Waals surface area contributed by atoms with Crippen molar-refractivity contribution in [2.75, 3.05) is 59.8 Å².